The number of rotatable bonds is 5. The van der Waals surface area contributed by atoms with Crippen LogP contribution in [0.5, 0.6) is 0 Å². The quantitative estimate of drug-likeness (QED) is 0.642. The molecule has 154 valence electrons. The fourth-order valence-electron chi connectivity index (χ4n) is 2.68. The number of hydrogen-bond acceptors (Lipinski definition) is 7. The predicted octanol–water partition coefficient (Wildman–Crippen LogP) is 0.490. The fraction of sp³-hybridized carbons (Fsp3) is 0.438. The molecule has 1 aliphatic heterocycles. The smallest absolute Gasteiger partial charge is 0.338 e. The molecule has 3 amide bonds. The van der Waals surface area contributed by atoms with Gasteiger partial charge in [0.15, 0.2) is 6.61 Å². The van der Waals surface area contributed by atoms with Gasteiger partial charge in [-0.15, -0.1) is 0 Å². The third-order valence-electron chi connectivity index (χ3n) is 3.77. The Morgan fingerprint density at radius 3 is 2.46 bits per heavy atom. The number of carbonyl (C=O) groups excluding carboxylic acids is 3. The van der Waals surface area contributed by atoms with Gasteiger partial charge in [-0.1, -0.05) is 11.6 Å². The number of imide groups is 1. The van der Waals surface area contributed by atoms with Gasteiger partial charge >= 0.3 is 12.0 Å². The van der Waals surface area contributed by atoms with Gasteiger partial charge in [0.2, 0.25) is 10.0 Å². The molecule has 10 nitrogen and oxygen atoms in total. The number of ether oxygens (including phenoxy) is 2. The number of sulfonamides is 1. The maximum atomic E-state index is 13.0. The lowest BCUT2D eigenvalue weighted by molar-refractivity contribution is -0.123. The van der Waals surface area contributed by atoms with Gasteiger partial charge in [-0.2, -0.15) is 4.31 Å². The Balaban J connectivity index is 2.21. The van der Waals surface area contributed by atoms with Crippen LogP contribution in [0.25, 0.3) is 0 Å². The van der Waals surface area contributed by atoms with E-state index in [9.17, 15) is 22.8 Å². The summed E-state index contributed by atoms with van der Waals surface area (Å²) >= 11 is 6.06. The number of esters is 1. The number of nitrogens with zero attached hydrogens (tertiary/aromatic N) is 1. The molecule has 1 aliphatic rings. The lowest BCUT2D eigenvalue weighted by atomic mass is 10.2. The fourth-order valence-corrected chi connectivity index (χ4v) is 4.77. The highest BCUT2D eigenvalue weighted by atomic mass is 35.5. The zero-order chi connectivity index (χ0) is 21.1. The van der Waals surface area contributed by atoms with Gasteiger partial charge < -0.3 is 15.2 Å². The molecule has 0 saturated carbocycles. The van der Waals surface area contributed by atoms with Crippen molar-refractivity contribution in [2.24, 2.45) is 5.73 Å². The third kappa shape index (κ3) is 5.41. The highest BCUT2D eigenvalue weighted by Crippen LogP contribution is 2.28. The molecule has 3 N–H and O–H groups in total. The van der Waals surface area contributed by atoms with E-state index in [0.717, 1.165) is 6.07 Å². The van der Waals surface area contributed by atoms with Gasteiger partial charge in [0.25, 0.3) is 5.91 Å². The van der Waals surface area contributed by atoms with E-state index in [-0.39, 0.29) is 40.8 Å². The summed E-state index contributed by atoms with van der Waals surface area (Å²) in [7, 11) is -3.99. The van der Waals surface area contributed by atoms with E-state index in [1.165, 1.54) is 16.4 Å². The normalized spacial score (nSPS) is 20.4. The van der Waals surface area contributed by atoms with E-state index in [4.69, 9.17) is 26.8 Å². The summed E-state index contributed by atoms with van der Waals surface area (Å²) in [5, 5.41) is 1.67. The summed E-state index contributed by atoms with van der Waals surface area (Å²) in [6.45, 7) is 3.04. The predicted molar refractivity (Wildman–Crippen MR) is 98.2 cm³/mol. The van der Waals surface area contributed by atoms with Crippen molar-refractivity contribution < 1.29 is 32.3 Å². The van der Waals surface area contributed by atoms with E-state index >= 15 is 0 Å². The van der Waals surface area contributed by atoms with Crippen LogP contribution in [0.1, 0.15) is 24.2 Å². The Morgan fingerprint density at radius 2 is 1.89 bits per heavy atom. The van der Waals surface area contributed by atoms with E-state index in [0.29, 0.717) is 0 Å². The van der Waals surface area contributed by atoms with Crippen molar-refractivity contribution in [3.8, 4) is 0 Å². The molecule has 0 bridgehead atoms. The number of amides is 3. The second-order valence-electron chi connectivity index (χ2n) is 6.21. The number of hydrogen-bond donors (Lipinski definition) is 2. The van der Waals surface area contributed by atoms with E-state index in [2.05, 4.69) is 0 Å². The van der Waals surface area contributed by atoms with Crippen LogP contribution in [-0.2, 0) is 24.3 Å². The zero-order valence-electron chi connectivity index (χ0n) is 15.2. The van der Waals surface area contributed by atoms with Crippen LogP contribution in [0.3, 0.4) is 0 Å². The first-order valence-corrected chi connectivity index (χ1v) is 10.0. The van der Waals surface area contributed by atoms with Crippen molar-refractivity contribution in [3.05, 3.63) is 28.8 Å². The molecule has 2 atom stereocenters. The maximum absolute atomic E-state index is 13.0. The minimum Gasteiger partial charge on any atom is -0.452 e. The van der Waals surface area contributed by atoms with Crippen LogP contribution in [0.2, 0.25) is 5.02 Å². The Kier molecular flexibility index (Phi) is 6.99. The largest absolute Gasteiger partial charge is 0.452 e. The molecule has 0 aliphatic carbocycles. The molecule has 0 spiro atoms. The number of nitrogens with two attached hydrogens (primary N) is 1. The topological polar surface area (TPSA) is 145 Å². The molecule has 2 rings (SSSR count). The second-order valence-corrected chi connectivity index (χ2v) is 8.53. The van der Waals surface area contributed by atoms with Gasteiger partial charge in [-0.05, 0) is 32.0 Å². The summed E-state index contributed by atoms with van der Waals surface area (Å²) < 4.78 is 37.5. The summed E-state index contributed by atoms with van der Waals surface area (Å²) in [6.07, 6.45) is -0.594. The van der Waals surface area contributed by atoms with Crippen LogP contribution in [0.15, 0.2) is 23.1 Å². The van der Waals surface area contributed by atoms with Crippen LogP contribution in [-0.4, -0.2) is 62.5 Å². The number of morpholine rings is 1. The molecule has 28 heavy (non-hydrogen) atoms. The molecule has 0 aromatic heterocycles. The molecular formula is C16H20ClN3O7S. The molecule has 12 heteroatoms. The SMILES string of the molecule is C[C@@H]1CN(S(=O)(=O)c2cc(C(=O)OCC(=O)NC(N)=O)ccc2Cl)C[C@H](C)O1. The molecule has 0 radical (unpaired) electrons. The van der Waals surface area contributed by atoms with Crippen LogP contribution >= 0.6 is 11.6 Å². The van der Waals surface area contributed by atoms with Gasteiger partial charge in [0, 0.05) is 13.1 Å². The average Bonchev–Trinajstić information content (AvgIpc) is 2.58. The Morgan fingerprint density at radius 1 is 1.29 bits per heavy atom. The Labute approximate surface area is 167 Å². The number of nitrogens with one attached hydrogen (secondary N) is 1. The average molecular weight is 434 g/mol. The van der Waals surface area contributed by atoms with Crippen molar-refractivity contribution in [2.75, 3.05) is 19.7 Å². The van der Waals surface area contributed by atoms with Crippen molar-refractivity contribution >= 4 is 39.5 Å². The summed E-state index contributed by atoms with van der Waals surface area (Å²) in [5.74, 6) is -1.88. The van der Waals surface area contributed by atoms with Crippen molar-refractivity contribution in [2.45, 2.75) is 31.0 Å². The molecule has 1 fully saturated rings. The Hall–Kier alpha value is -2.21. The summed E-state index contributed by atoms with van der Waals surface area (Å²) in [6, 6.07) is 2.51. The first-order valence-electron chi connectivity index (χ1n) is 8.22. The highest BCUT2D eigenvalue weighted by molar-refractivity contribution is 7.89. The summed E-state index contributed by atoms with van der Waals surface area (Å²) in [4.78, 5) is 33.7. The van der Waals surface area contributed by atoms with E-state index in [1.807, 2.05) is 0 Å². The molecule has 1 aromatic carbocycles. The van der Waals surface area contributed by atoms with E-state index < -0.39 is 34.5 Å². The minimum absolute atomic E-state index is 0.0604. The zero-order valence-corrected chi connectivity index (χ0v) is 16.7. The number of primary amides is 1. The van der Waals surface area contributed by atoms with Crippen molar-refractivity contribution in [1.29, 1.82) is 0 Å². The summed E-state index contributed by atoms with van der Waals surface area (Å²) in [5.41, 5.74) is 4.66. The number of carbonyl (C=O) groups is 3. The minimum atomic E-state index is -3.99. The maximum Gasteiger partial charge on any atom is 0.338 e. The standard InChI is InChI=1S/C16H20ClN3O7S/c1-9-6-20(7-10(2)27-9)28(24,25)13-5-11(3-4-12(13)17)15(22)26-8-14(21)19-16(18)23/h3-5,9-10H,6-8H2,1-2H3,(H3,18,19,21,23)/t9-,10+. The number of halogens is 1. The van der Waals surface area contributed by atoms with Crippen LogP contribution in [0.4, 0.5) is 4.79 Å². The van der Waals surface area contributed by atoms with E-state index in [1.54, 1.807) is 19.2 Å². The van der Waals surface area contributed by atoms with Gasteiger partial charge in [-0.25, -0.2) is 18.0 Å². The van der Waals surface area contributed by atoms with Crippen molar-refractivity contribution in [1.82, 2.24) is 9.62 Å². The lowest BCUT2D eigenvalue weighted by Gasteiger charge is -2.34. The number of benzene rings is 1. The monoisotopic (exact) mass is 433 g/mol. The lowest BCUT2D eigenvalue weighted by Crippen LogP contribution is -2.48. The molecule has 1 aromatic rings. The van der Waals surface area contributed by atoms with Crippen molar-refractivity contribution in [3.63, 3.8) is 0 Å². The molecular weight excluding hydrogens is 414 g/mol. The second kappa shape index (κ2) is 8.86. The first kappa shape index (κ1) is 22.1. The third-order valence-corrected chi connectivity index (χ3v) is 6.08. The molecule has 1 saturated heterocycles. The van der Waals surface area contributed by atoms with Gasteiger partial charge in [-0.3, -0.25) is 10.1 Å². The van der Waals surface area contributed by atoms with Crippen LogP contribution in [0, 0.1) is 0 Å². The van der Waals surface area contributed by atoms with Gasteiger partial charge in [0.05, 0.1) is 22.8 Å². The van der Waals surface area contributed by atoms with Gasteiger partial charge in [0.1, 0.15) is 4.90 Å². The molecule has 1 heterocycles. The van der Waals surface area contributed by atoms with Crippen LogP contribution < -0.4 is 11.1 Å². The highest BCUT2D eigenvalue weighted by Gasteiger charge is 2.34. The Bertz CT molecular complexity index is 880. The first-order chi connectivity index (χ1) is 13.0. The number of urea groups is 1. The molecule has 0 unspecified atom stereocenters.